The van der Waals surface area contributed by atoms with E-state index in [0.717, 1.165) is 12.8 Å². The number of anilines is 1. The molecule has 1 heterocycles. The van der Waals surface area contributed by atoms with Crippen molar-refractivity contribution in [3.63, 3.8) is 0 Å². The van der Waals surface area contributed by atoms with E-state index in [2.05, 4.69) is 18.8 Å². The molecule has 0 aliphatic heterocycles. The van der Waals surface area contributed by atoms with Gasteiger partial charge in [0, 0.05) is 24.8 Å². The number of carbonyl (C=O) groups is 1. The lowest BCUT2D eigenvalue weighted by Crippen LogP contribution is -2.42. The fraction of sp³-hybridized carbons (Fsp3) is 0.684. The molecule has 1 aliphatic carbocycles. The Labute approximate surface area is 159 Å². The Balaban J connectivity index is 2.38. The van der Waals surface area contributed by atoms with Crippen molar-refractivity contribution < 1.29 is 19.9 Å². The summed E-state index contributed by atoms with van der Waals surface area (Å²) in [5.74, 6) is -0.673. The van der Waals surface area contributed by atoms with Gasteiger partial charge in [0.1, 0.15) is 0 Å². The molecule has 1 unspecified atom stereocenters. The van der Waals surface area contributed by atoms with E-state index in [1.807, 2.05) is 4.90 Å². The first-order valence-electron chi connectivity index (χ1n) is 9.49. The molecular formula is C19H29N3O5. The molecule has 0 saturated heterocycles. The van der Waals surface area contributed by atoms with Crippen LogP contribution in [0.1, 0.15) is 64.4 Å². The highest BCUT2D eigenvalue weighted by atomic mass is 16.6. The maximum absolute atomic E-state index is 11.7. The number of hydrogen-bond donors (Lipinski definition) is 2. The summed E-state index contributed by atoms with van der Waals surface area (Å²) in [6, 6.07) is 1.56. The number of aromatic nitrogens is 1. The fourth-order valence-corrected chi connectivity index (χ4v) is 3.64. The van der Waals surface area contributed by atoms with Crippen LogP contribution in [0.3, 0.4) is 0 Å². The number of aliphatic carboxylic acids is 1. The van der Waals surface area contributed by atoms with Gasteiger partial charge < -0.3 is 15.1 Å². The highest BCUT2D eigenvalue weighted by molar-refractivity contribution is 5.68. The topological polar surface area (TPSA) is 117 Å². The molecule has 0 aromatic carbocycles. The summed E-state index contributed by atoms with van der Waals surface area (Å²) in [6.07, 6.45) is 4.05. The van der Waals surface area contributed by atoms with Gasteiger partial charge in [0.2, 0.25) is 5.82 Å². The molecule has 2 N–H and O–H groups in total. The number of aliphatic hydroxyl groups is 1. The SMILES string of the molecule is CC(C)CN(c1ncc(C(C)CC(=O)O)cc1[N+](=O)[O-])C1CCC(O)CC1. The van der Waals surface area contributed by atoms with Crippen molar-refractivity contribution >= 4 is 17.5 Å². The first-order chi connectivity index (χ1) is 12.7. The maximum Gasteiger partial charge on any atom is 0.311 e. The molecule has 0 radical (unpaired) electrons. The number of carboxylic acids is 1. The van der Waals surface area contributed by atoms with E-state index in [4.69, 9.17) is 5.11 Å². The van der Waals surface area contributed by atoms with E-state index in [-0.39, 0.29) is 30.2 Å². The monoisotopic (exact) mass is 379 g/mol. The fourth-order valence-electron chi connectivity index (χ4n) is 3.64. The van der Waals surface area contributed by atoms with E-state index < -0.39 is 10.9 Å². The van der Waals surface area contributed by atoms with Crippen molar-refractivity contribution in [1.82, 2.24) is 4.98 Å². The Kier molecular flexibility index (Phi) is 7.12. The number of pyridine rings is 1. The van der Waals surface area contributed by atoms with E-state index in [1.54, 1.807) is 13.1 Å². The summed E-state index contributed by atoms with van der Waals surface area (Å²) in [5, 5.41) is 30.5. The number of nitrogens with zero attached hydrogens (tertiary/aromatic N) is 3. The van der Waals surface area contributed by atoms with Gasteiger partial charge in [0.15, 0.2) is 0 Å². The number of hydrogen-bond acceptors (Lipinski definition) is 6. The molecule has 0 bridgehead atoms. The normalized spacial score (nSPS) is 21.1. The highest BCUT2D eigenvalue weighted by Crippen LogP contribution is 2.35. The maximum atomic E-state index is 11.7. The third kappa shape index (κ3) is 5.63. The van der Waals surface area contributed by atoms with E-state index in [1.165, 1.54) is 6.07 Å². The van der Waals surface area contributed by atoms with Gasteiger partial charge in [-0.2, -0.15) is 0 Å². The van der Waals surface area contributed by atoms with Crippen molar-refractivity contribution in [2.75, 3.05) is 11.4 Å². The lowest BCUT2D eigenvalue weighted by molar-refractivity contribution is -0.384. The first-order valence-corrected chi connectivity index (χ1v) is 9.49. The average molecular weight is 379 g/mol. The van der Waals surface area contributed by atoms with E-state index >= 15 is 0 Å². The van der Waals surface area contributed by atoms with E-state index in [9.17, 15) is 20.0 Å². The standard InChI is InChI=1S/C19H29N3O5/c1-12(2)11-21(15-4-6-16(23)7-5-15)19-17(22(26)27)9-14(10-20-19)13(3)8-18(24)25/h9-10,12-13,15-16,23H,4-8,11H2,1-3H3,(H,24,25). The molecule has 2 rings (SSSR count). The second-order valence-electron chi connectivity index (χ2n) is 7.88. The quantitative estimate of drug-likeness (QED) is 0.525. The summed E-state index contributed by atoms with van der Waals surface area (Å²) in [6.45, 7) is 6.47. The van der Waals surface area contributed by atoms with Crippen LogP contribution in [-0.2, 0) is 4.79 Å². The van der Waals surface area contributed by atoms with Crippen molar-refractivity contribution in [1.29, 1.82) is 0 Å². The summed E-state index contributed by atoms with van der Waals surface area (Å²) < 4.78 is 0. The Morgan fingerprint density at radius 1 is 1.33 bits per heavy atom. The predicted octanol–water partition coefficient (Wildman–Crippen LogP) is 3.33. The zero-order valence-corrected chi connectivity index (χ0v) is 16.2. The van der Waals surface area contributed by atoms with Gasteiger partial charge in [0.05, 0.1) is 17.4 Å². The molecule has 8 nitrogen and oxygen atoms in total. The zero-order chi connectivity index (χ0) is 20.1. The Bertz CT molecular complexity index is 671. The zero-order valence-electron chi connectivity index (χ0n) is 16.2. The number of nitro groups is 1. The van der Waals surface area contributed by atoms with Crippen molar-refractivity contribution in [2.45, 2.75) is 70.9 Å². The number of aliphatic hydroxyl groups excluding tert-OH is 1. The molecule has 1 aliphatic rings. The van der Waals surface area contributed by atoms with Crippen molar-refractivity contribution in [3.8, 4) is 0 Å². The molecule has 1 fully saturated rings. The second-order valence-corrected chi connectivity index (χ2v) is 7.88. The summed E-state index contributed by atoms with van der Waals surface area (Å²) in [7, 11) is 0. The minimum Gasteiger partial charge on any atom is -0.481 e. The van der Waals surface area contributed by atoms with Crippen molar-refractivity contribution in [2.24, 2.45) is 5.92 Å². The third-order valence-electron chi connectivity index (χ3n) is 5.06. The largest absolute Gasteiger partial charge is 0.481 e. The predicted molar refractivity (Wildman–Crippen MR) is 102 cm³/mol. The minimum atomic E-state index is -0.948. The van der Waals surface area contributed by atoms with Gasteiger partial charge in [-0.15, -0.1) is 0 Å². The lowest BCUT2D eigenvalue weighted by atomic mass is 9.91. The number of carboxylic acid groups (broad SMARTS) is 1. The Morgan fingerprint density at radius 2 is 1.96 bits per heavy atom. The van der Waals surface area contributed by atoms with Gasteiger partial charge in [-0.05, 0) is 43.1 Å². The van der Waals surface area contributed by atoms with Gasteiger partial charge in [-0.25, -0.2) is 4.98 Å². The van der Waals surface area contributed by atoms with Crippen LogP contribution in [0.15, 0.2) is 12.3 Å². The molecule has 27 heavy (non-hydrogen) atoms. The molecule has 1 aromatic heterocycles. The molecular weight excluding hydrogens is 350 g/mol. The molecule has 1 saturated carbocycles. The van der Waals surface area contributed by atoms with Gasteiger partial charge >= 0.3 is 11.7 Å². The minimum absolute atomic E-state index is 0.0866. The molecule has 8 heteroatoms. The lowest BCUT2D eigenvalue weighted by Gasteiger charge is -2.37. The van der Waals surface area contributed by atoms with Gasteiger partial charge in [0.25, 0.3) is 0 Å². The van der Waals surface area contributed by atoms with Crippen LogP contribution >= 0.6 is 0 Å². The summed E-state index contributed by atoms with van der Waals surface area (Å²) >= 11 is 0. The van der Waals surface area contributed by atoms with Crippen LogP contribution < -0.4 is 4.90 Å². The third-order valence-corrected chi connectivity index (χ3v) is 5.06. The average Bonchev–Trinajstić information content (AvgIpc) is 2.59. The molecule has 150 valence electrons. The summed E-state index contributed by atoms with van der Waals surface area (Å²) in [5.41, 5.74) is 0.466. The van der Waals surface area contributed by atoms with Crippen LogP contribution in [-0.4, -0.2) is 44.8 Å². The van der Waals surface area contributed by atoms with Crippen molar-refractivity contribution in [3.05, 3.63) is 27.9 Å². The van der Waals surface area contributed by atoms with Crippen LogP contribution in [0.4, 0.5) is 11.5 Å². The smallest absolute Gasteiger partial charge is 0.311 e. The second kappa shape index (κ2) is 9.12. The highest BCUT2D eigenvalue weighted by Gasteiger charge is 2.31. The summed E-state index contributed by atoms with van der Waals surface area (Å²) in [4.78, 5) is 28.6. The Morgan fingerprint density at radius 3 is 2.48 bits per heavy atom. The van der Waals surface area contributed by atoms with Crippen LogP contribution in [0, 0.1) is 16.0 Å². The van der Waals surface area contributed by atoms with Gasteiger partial charge in [-0.1, -0.05) is 20.8 Å². The first kappa shape index (κ1) is 21.1. The number of rotatable bonds is 8. The van der Waals surface area contributed by atoms with Crippen LogP contribution in [0.25, 0.3) is 0 Å². The van der Waals surface area contributed by atoms with E-state index in [0.29, 0.717) is 36.7 Å². The molecule has 1 aromatic rings. The molecule has 1 atom stereocenters. The molecule has 0 amide bonds. The van der Waals surface area contributed by atoms with Crippen LogP contribution in [0.5, 0.6) is 0 Å². The Hall–Kier alpha value is -2.22. The van der Waals surface area contributed by atoms with Gasteiger partial charge in [-0.3, -0.25) is 14.9 Å². The van der Waals surface area contributed by atoms with Crippen LogP contribution in [0.2, 0.25) is 0 Å². The molecule has 0 spiro atoms.